The fourth-order valence-electron chi connectivity index (χ4n) is 2.87. The molecule has 0 aliphatic rings. The van der Waals surface area contributed by atoms with E-state index in [2.05, 4.69) is 60.7 Å². The van der Waals surface area contributed by atoms with E-state index in [0.717, 1.165) is 23.5 Å². The molecule has 144 valence electrons. The maximum Gasteiger partial charge on any atom is 0.224 e. The van der Waals surface area contributed by atoms with Crippen LogP contribution >= 0.6 is 0 Å². The zero-order chi connectivity index (χ0) is 20.0. The van der Waals surface area contributed by atoms with Crippen LogP contribution in [0.2, 0.25) is 0 Å². The minimum absolute atomic E-state index is 0.0101. The van der Waals surface area contributed by atoms with E-state index in [1.165, 1.54) is 5.56 Å². The van der Waals surface area contributed by atoms with Gasteiger partial charge < -0.3 is 10.6 Å². The normalized spacial score (nSPS) is 11.1. The first-order valence-corrected chi connectivity index (χ1v) is 9.57. The number of aromatic nitrogens is 1. The average Bonchev–Trinajstić information content (AvgIpc) is 2.68. The number of nitrogens with one attached hydrogen (secondary N) is 2. The molecule has 0 bridgehead atoms. The van der Waals surface area contributed by atoms with Gasteiger partial charge in [-0.1, -0.05) is 63.2 Å². The zero-order valence-corrected chi connectivity index (χ0v) is 16.7. The summed E-state index contributed by atoms with van der Waals surface area (Å²) >= 11 is 0. The van der Waals surface area contributed by atoms with Crippen LogP contribution in [0.5, 0.6) is 0 Å². The predicted octanol–water partition coefficient (Wildman–Crippen LogP) is 5.69. The molecule has 1 amide bonds. The molecule has 1 aromatic heterocycles. The highest BCUT2D eigenvalue weighted by Crippen LogP contribution is 2.24. The molecule has 0 aliphatic carbocycles. The lowest BCUT2D eigenvalue weighted by molar-refractivity contribution is -0.116. The number of benzene rings is 2. The Morgan fingerprint density at radius 2 is 1.57 bits per heavy atom. The Balaban J connectivity index is 1.52. The molecule has 0 radical (unpaired) electrons. The lowest BCUT2D eigenvalue weighted by atomic mass is 9.87. The van der Waals surface area contributed by atoms with Crippen molar-refractivity contribution in [2.24, 2.45) is 0 Å². The third-order valence-electron chi connectivity index (χ3n) is 4.55. The van der Waals surface area contributed by atoms with E-state index in [4.69, 9.17) is 0 Å². The maximum absolute atomic E-state index is 12.1. The molecule has 2 N–H and O–H groups in total. The van der Waals surface area contributed by atoms with Crippen LogP contribution in [0.1, 0.15) is 38.3 Å². The Morgan fingerprint density at radius 1 is 0.893 bits per heavy atom. The second-order valence-electron chi connectivity index (χ2n) is 7.92. The molecule has 0 unspecified atom stereocenters. The van der Waals surface area contributed by atoms with Crippen LogP contribution in [0.3, 0.4) is 0 Å². The highest BCUT2D eigenvalue weighted by atomic mass is 16.1. The lowest BCUT2D eigenvalue weighted by Gasteiger charge is -2.19. The quantitative estimate of drug-likeness (QED) is 0.583. The van der Waals surface area contributed by atoms with E-state index in [0.29, 0.717) is 12.1 Å². The third kappa shape index (κ3) is 5.68. The summed E-state index contributed by atoms with van der Waals surface area (Å²) < 4.78 is 0. The van der Waals surface area contributed by atoms with Gasteiger partial charge in [-0.2, -0.15) is 0 Å². The summed E-state index contributed by atoms with van der Waals surface area (Å²) in [5.74, 6) is 0.731. The first kappa shape index (κ1) is 19.6. The number of nitrogens with zero attached hydrogens (tertiary/aromatic N) is 1. The topological polar surface area (TPSA) is 54.0 Å². The van der Waals surface area contributed by atoms with Gasteiger partial charge in [0.1, 0.15) is 5.82 Å². The zero-order valence-electron chi connectivity index (χ0n) is 16.7. The molecule has 2 aromatic carbocycles. The molecule has 0 spiro atoms. The molecule has 4 nitrogen and oxygen atoms in total. The second kappa shape index (κ2) is 8.70. The summed E-state index contributed by atoms with van der Waals surface area (Å²) in [5.41, 5.74) is 4.27. The average molecular weight is 374 g/mol. The summed E-state index contributed by atoms with van der Waals surface area (Å²) in [5, 5.41) is 6.18. The van der Waals surface area contributed by atoms with Gasteiger partial charge in [0.25, 0.3) is 0 Å². The van der Waals surface area contributed by atoms with Gasteiger partial charge in [-0.3, -0.25) is 4.79 Å². The van der Waals surface area contributed by atoms with E-state index in [1.807, 2.05) is 42.5 Å². The molecular weight excluding hydrogens is 346 g/mol. The Kier molecular flexibility index (Phi) is 6.09. The Labute approximate surface area is 167 Å². The highest BCUT2D eigenvalue weighted by molar-refractivity contribution is 5.90. The van der Waals surface area contributed by atoms with E-state index in [-0.39, 0.29) is 11.3 Å². The fraction of sp³-hybridized carbons (Fsp3) is 0.250. The van der Waals surface area contributed by atoms with Crippen molar-refractivity contribution < 1.29 is 4.79 Å². The summed E-state index contributed by atoms with van der Waals surface area (Å²) in [6.45, 7) is 6.59. The first-order chi connectivity index (χ1) is 13.4. The number of carbonyl (C=O) groups excluding carboxylic acids is 1. The summed E-state index contributed by atoms with van der Waals surface area (Å²) in [4.78, 5) is 16.5. The molecule has 3 aromatic rings. The van der Waals surface area contributed by atoms with Crippen LogP contribution in [-0.4, -0.2) is 10.9 Å². The van der Waals surface area contributed by atoms with Gasteiger partial charge >= 0.3 is 0 Å². The highest BCUT2D eigenvalue weighted by Gasteiger charge is 2.12. The standard InChI is InChI=1S/C24H27N3O/c1-24(2,3)19-10-12-20(13-11-19)26-22-15-14-21(17-25-22)27-23(28)16-9-18-7-5-4-6-8-18/h4-8,10-15,17H,9,16H2,1-3H3,(H,25,26)(H,27,28). The number of rotatable bonds is 6. The van der Waals surface area contributed by atoms with Gasteiger partial charge in [0.15, 0.2) is 0 Å². The Bertz CT molecular complexity index is 895. The van der Waals surface area contributed by atoms with Gasteiger partial charge in [-0.05, 0) is 47.2 Å². The van der Waals surface area contributed by atoms with Crippen LogP contribution < -0.4 is 10.6 Å². The van der Waals surface area contributed by atoms with Crippen LogP contribution in [0.15, 0.2) is 72.9 Å². The van der Waals surface area contributed by atoms with Crippen LogP contribution in [0.25, 0.3) is 0 Å². The van der Waals surface area contributed by atoms with Crippen molar-refractivity contribution in [3.05, 3.63) is 84.1 Å². The molecule has 0 atom stereocenters. The van der Waals surface area contributed by atoms with Gasteiger partial charge in [-0.15, -0.1) is 0 Å². The fourth-order valence-corrected chi connectivity index (χ4v) is 2.87. The number of pyridine rings is 1. The molecule has 28 heavy (non-hydrogen) atoms. The smallest absolute Gasteiger partial charge is 0.224 e. The van der Waals surface area contributed by atoms with Crippen molar-refractivity contribution in [2.75, 3.05) is 10.6 Å². The van der Waals surface area contributed by atoms with Crippen molar-refractivity contribution in [2.45, 2.75) is 39.0 Å². The van der Waals surface area contributed by atoms with Crippen LogP contribution in [0, 0.1) is 0 Å². The van der Waals surface area contributed by atoms with E-state index in [1.54, 1.807) is 6.20 Å². The van der Waals surface area contributed by atoms with Gasteiger partial charge in [0.2, 0.25) is 5.91 Å². The van der Waals surface area contributed by atoms with Crippen molar-refractivity contribution >= 4 is 23.1 Å². The number of aryl methyl sites for hydroxylation is 1. The summed E-state index contributed by atoms with van der Waals surface area (Å²) in [6, 6.07) is 22.1. The van der Waals surface area contributed by atoms with E-state index in [9.17, 15) is 4.79 Å². The van der Waals surface area contributed by atoms with Crippen molar-refractivity contribution in [1.82, 2.24) is 4.98 Å². The Hall–Kier alpha value is -3.14. The number of hydrogen-bond donors (Lipinski definition) is 2. The van der Waals surface area contributed by atoms with Crippen LogP contribution in [0.4, 0.5) is 17.2 Å². The number of carbonyl (C=O) groups is 1. The monoisotopic (exact) mass is 373 g/mol. The summed E-state index contributed by atoms with van der Waals surface area (Å²) in [6.07, 6.45) is 2.85. The third-order valence-corrected chi connectivity index (χ3v) is 4.55. The van der Waals surface area contributed by atoms with Crippen molar-refractivity contribution in [3.63, 3.8) is 0 Å². The summed E-state index contributed by atoms with van der Waals surface area (Å²) in [7, 11) is 0. The largest absolute Gasteiger partial charge is 0.340 e. The van der Waals surface area contributed by atoms with Crippen molar-refractivity contribution in [1.29, 1.82) is 0 Å². The molecule has 0 aliphatic heterocycles. The minimum Gasteiger partial charge on any atom is -0.340 e. The van der Waals surface area contributed by atoms with Gasteiger partial charge in [0, 0.05) is 12.1 Å². The molecule has 3 rings (SSSR count). The predicted molar refractivity (Wildman–Crippen MR) is 116 cm³/mol. The van der Waals surface area contributed by atoms with E-state index < -0.39 is 0 Å². The Morgan fingerprint density at radius 3 is 2.18 bits per heavy atom. The second-order valence-corrected chi connectivity index (χ2v) is 7.92. The minimum atomic E-state index is -0.0101. The SMILES string of the molecule is CC(C)(C)c1ccc(Nc2ccc(NC(=O)CCc3ccccc3)cn2)cc1. The van der Waals surface area contributed by atoms with Gasteiger partial charge in [-0.25, -0.2) is 4.98 Å². The lowest BCUT2D eigenvalue weighted by Crippen LogP contribution is -2.12. The van der Waals surface area contributed by atoms with Crippen molar-refractivity contribution in [3.8, 4) is 0 Å². The first-order valence-electron chi connectivity index (χ1n) is 9.57. The number of amides is 1. The molecule has 0 fully saturated rings. The molecule has 0 saturated heterocycles. The number of anilines is 3. The van der Waals surface area contributed by atoms with Crippen LogP contribution in [-0.2, 0) is 16.6 Å². The molecular formula is C24H27N3O. The number of hydrogen-bond acceptors (Lipinski definition) is 3. The molecule has 0 saturated carbocycles. The van der Waals surface area contributed by atoms with E-state index >= 15 is 0 Å². The molecule has 4 heteroatoms. The maximum atomic E-state index is 12.1. The van der Waals surface area contributed by atoms with Gasteiger partial charge in [0.05, 0.1) is 11.9 Å². The molecule has 1 heterocycles.